The molecule has 0 spiro atoms. The normalized spacial score (nSPS) is 10.3. The van der Waals surface area contributed by atoms with Gasteiger partial charge in [0.25, 0.3) is 0 Å². The largest absolute Gasteiger partial charge is 0.478 e. The zero-order valence-electron chi connectivity index (χ0n) is 11.7. The Morgan fingerprint density at radius 1 is 1.15 bits per heavy atom. The van der Waals surface area contributed by atoms with Crippen LogP contribution in [0, 0.1) is 6.92 Å². The molecule has 1 aromatic carbocycles. The number of aromatic nitrogens is 2. The van der Waals surface area contributed by atoms with Crippen molar-refractivity contribution in [3.8, 4) is 5.88 Å². The first-order valence-electron chi connectivity index (χ1n) is 6.57. The smallest absolute Gasteiger partial charge is 0.218 e. The minimum Gasteiger partial charge on any atom is -0.478 e. The summed E-state index contributed by atoms with van der Waals surface area (Å²) in [7, 11) is 0. The maximum atomic E-state index is 5.77. The molecule has 0 bridgehead atoms. The molecule has 106 valence electrons. The molecule has 2 rings (SSSR count). The minimum atomic E-state index is 0.538. The van der Waals surface area contributed by atoms with Crippen LogP contribution >= 0.6 is 11.6 Å². The summed E-state index contributed by atoms with van der Waals surface area (Å²) in [5.74, 6) is 2.59. The summed E-state index contributed by atoms with van der Waals surface area (Å²) < 4.78 is 5.40. The van der Waals surface area contributed by atoms with Crippen LogP contribution in [0.5, 0.6) is 5.88 Å². The monoisotopic (exact) mass is 291 g/mol. The number of alkyl halides is 1. The van der Waals surface area contributed by atoms with Gasteiger partial charge in [0.05, 0.1) is 6.61 Å². The van der Waals surface area contributed by atoms with E-state index in [9.17, 15) is 0 Å². The number of nitrogens with zero attached hydrogens (tertiary/aromatic N) is 2. The van der Waals surface area contributed by atoms with Crippen molar-refractivity contribution in [1.82, 2.24) is 9.97 Å². The predicted octanol–water partition coefficient (Wildman–Crippen LogP) is 3.53. The number of rotatable bonds is 6. The molecule has 2 aromatic rings. The van der Waals surface area contributed by atoms with E-state index in [1.807, 2.05) is 32.0 Å². The molecule has 0 fully saturated rings. The van der Waals surface area contributed by atoms with E-state index in [1.165, 1.54) is 5.56 Å². The van der Waals surface area contributed by atoms with Crippen LogP contribution in [0.15, 0.2) is 30.3 Å². The Morgan fingerprint density at radius 2 is 1.85 bits per heavy atom. The van der Waals surface area contributed by atoms with Gasteiger partial charge in [-0.05, 0) is 25.0 Å². The maximum absolute atomic E-state index is 5.77. The second-order valence-electron chi connectivity index (χ2n) is 4.38. The number of benzene rings is 1. The molecular weight excluding hydrogens is 274 g/mol. The topological polar surface area (TPSA) is 47.0 Å². The van der Waals surface area contributed by atoms with E-state index in [1.54, 1.807) is 0 Å². The van der Waals surface area contributed by atoms with Crippen molar-refractivity contribution in [3.63, 3.8) is 0 Å². The van der Waals surface area contributed by atoms with Crippen molar-refractivity contribution in [2.24, 2.45) is 0 Å². The van der Waals surface area contributed by atoms with E-state index in [0.29, 0.717) is 30.7 Å². The molecule has 0 saturated heterocycles. The minimum absolute atomic E-state index is 0.538. The van der Waals surface area contributed by atoms with Gasteiger partial charge in [-0.1, -0.05) is 24.3 Å². The van der Waals surface area contributed by atoms with Gasteiger partial charge in [-0.3, -0.25) is 0 Å². The number of halogens is 1. The van der Waals surface area contributed by atoms with E-state index in [4.69, 9.17) is 16.3 Å². The number of hydrogen-bond acceptors (Lipinski definition) is 4. The first kappa shape index (κ1) is 14.6. The van der Waals surface area contributed by atoms with Crippen molar-refractivity contribution < 1.29 is 4.74 Å². The third-order valence-electron chi connectivity index (χ3n) is 2.76. The van der Waals surface area contributed by atoms with Crippen LogP contribution in [-0.2, 0) is 12.4 Å². The van der Waals surface area contributed by atoms with Gasteiger partial charge < -0.3 is 10.1 Å². The van der Waals surface area contributed by atoms with E-state index >= 15 is 0 Å². The Balaban J connectivity index is 2.02. The van der Waals surface area contributed by atoms with Gasteiger partial charge in [0, 0.05) is 18.5 Å². The molecule has 0 saturated carbocycles. The van der Waals surface area contributed by atoms with Crippen molar-refractivity contribution in [3.05, 3.63) is 47.3 Å². The van der Waals surface area contributed by atoms with Crippen LogP contribution in [0.1, 0.15) is 23.9 Å². The van der Waals surface area contributed by atoms with Crippen molar-refractivity contribution in [1.29, 1.82) is 0 Å². The van der Waals surface area contributed by atoms with Crippen LogP contribution in [0.3, 0.4) is 0 Å². The van der Waals surface area contributed by atoms with Crippen LogP contribution in [0.2, 0.25) is 0 Å². The highest BCUT2D eigenvalue weighted by molar-refractivity contribution is 6.17. The average Bonchev–Trinajstić information content (AvgIpc) is 2.45. The number of hydrogen-bond donors (Lipinski definition) is 1. The first-order valence-corrected chi connectivity index (χ1v) is 7.11. The lowest BCUT2D eigenvalue weighted by Gasteiger charge is -2.09. The fourth-order valence-corrected chi connectivity index (χ4v) is 1.97. The Labute approximate surface area is 124 Å². The molecule has 0 radical (unpaired) electrons. The highest BCUT2D eigenvalue weighted by atomic mass is 35.5. The Bertz CT molecular complexity index is 558. The molecule has 1 N–H and O–H groups in total. The Morgan fingerprint density at radius 3 is 2.50 bits per heavy atom. The summed E-state index contributed by atoms with van der Waals surface area (Å²) in [6.07, 6.45) is 0. The summed E-state index contributed by atoms with van der Waals surface area (Å²) >= 11 is 5.77. The molecule has 0 atom stereocenters. The van der Waals surface area contributed by atoms with E-state index < -0.39 is 0 Å². The summed E-state index contributed by atoms with van der Waals surface area (Å²) in [5, 5.41) is 3.27. The number of ether oxygens (including phenoxy) is 1. The third-order valence-corrected chi connectivity index (χ3v) is 3.07. The lowest BCUT2D eigenvalue weighted by molar-refractivity contribution is 0.325. The fraction of sp³-hybridized carbons (Fsp3) is 0.333. The van der Waals surface area contributed by atoms with Crippen LogP contribution in [-0.4, -0.2) is 16.6 Å². The molecule has 0 amide bonds. The average molecular weight is 292 g/mol. The standard InChI is InChI=1S/C15H18ClN3O/c1-3-20-15-8-14(18-11(2)19-15)17-10-13-6-4-12(9-16)5-7-13/h4-8H,3,9-10H2,1-2H3,(H,17,18,19). The van der Waals surface area contributed by atoms with Crippen LogP contribution in [0.25, 0.3) is 0 Å². The van der Waals surface area contributed by atoms with Gasteiger partial charge in [0.1, 0.15) is 11.6 Å². The first-order chi connectivity index (χ1) is 9.71. The second-order valence-corrected chi connectivity index (χ2v) is 4.64. The van der Waals surface area contributed by atoms with Crippen molar-refractivity contribution in [2.75, 3.05) is 11.9 Å². The SMILES string of the molecule is CCOc1cc(NCc2ccc(CCl)cc2)nc(C)n1. The molecule has 4 nitrogen and oxygen atoms in total. The van der Waals surface area contributed by atoms with E-state index in [-0.39, 0.29) is 0 Å². The Hall–Kier alpha value is -1.81. The van der Waals surface area contributed by atoms with Gasteiger partial charge >= 0.3 is 0 Å². The van der Waals surface area contributed by atoms with Crippen molar-refractivity contribution >= 4 is 17.4 Å². The lowest BCUT2D eigenvalue weighted by atomic mass is 10.1. The molecule has 0 aliphatic heterocycles. The Kier molecular flexibility index (Phi) is 5.18. The third kappa shape index (κ3) is 4.10. The predicted molar refractivity (Wildman–Crippen MR) is 81.3 cm³/mol. The lowest BCUT2D eigenvalue weighted by Crippen LogP contribution is -2.05. The molecule has 0 aliphatic rings. The van der Waals surface area contributed by atoms with Crippen LogP contribution < -0.4 is 10.1 Å². The second kappa shape index (κ2) is 7.10. The molecular formula is C15H18ClN3O. The van der Waals surface area contributed by atoms with Gasteiger partial charge in [-0.15, -0.1) is 11.6 Å². The highest BCUT2D eigenvalue weighted by Gasteiger charge is 2.02. The maximum Gasteiger partial charge on any atom is 0.218 e. The highest BCUT2D eigenvalue weighted by Crippen LogP contribution is 2.15. The quantitative estimate of drug-likeness (QED) is 0.827. The number of aryl methyl sites for hydroxylation is 1. The van der Waals surface area contributed by atoms with Gasteiger partial charge in [0.2, 0.25) is 5.88 Å². The molecule has 20 heavy (non-hydrogen) atoms. The molecule has 1 heterocycles. The van der Waals surface area contributed by atoms with E-state index in [2.05, 4.69) is 27.4 Å². The summed E-state index contributed by atoms with van der Waals surface area (Å²) in [4.78, 5) is 8.55. The number of anilines is 1. The number of nitrogens with one attached hydrogen (secondary N) is 1. The fourth-order valence-electron chi connectivity index (χ4n) is 1.79. The zero-order valence-corrected chi connectivity index (χ0v) is 12.4. The molecule has 1 aromatic heterocycles. The molecule has 0 aliphatic carbocycles. The van der Waals surface area contributed by atoms with E-state index in [0.717, 1.165) is 11.4 Å². The van der Waals surface area contributed by atoms with Crippen LogP contribution in [0.4, 0.5) is 5.82 Å². The zero-order chi connectivity index (χ0) is 14.4. The van der Waals surface area contributed by atoms with Gasteiger partial charge in [-0.25, -0.2) is 4.98 Å². The summed E-state index contributed by atoms with van der Waals surface area (Å²) in [5.41, 5.74) is 2.29. The van der Waals surface area contributed by atoms with Gasteiger partial charge in [-0.2, -0.15) is 4.98 Å². The van der Waals surface area contributed by atoms with Crippen molar-refractivity contribution in [2.45, 2.75) is 26.3 Å². The summed E-state index contributed by atoms with van der Waals surface area (Å²) in [6.45, 7) is 5.08. The van der Waals surface area contributed by atoms with Gasteiger partial charge in [0.15, 0.2) is 0 Å². The summed E-state index contributed by atoms with van der Waals surface area (Å²) in [6, 6.07) is 9.98. The molecule has 5 heteroatoms. The molecule has 0 unspecified atom stereocenters.